The van der Waals surface area contributed by atoms with Crippen LogP contribution in [-0.2, 0) is 16.9 Å². The Morgan fingerprint density at radius 1 is 1.26 bits per heavy atom. The molecule has 1 fully saturated rings. The lowest BCUT2D eigenvalue weighted by molar-refractivity contribution is -0.124. The lowest BCUT2D eigenvalue weighted by atomic mass is 9.89. The Labute approximate surface area is 133 Å². The first kappa shape index (κ1) is 15.6. The summed E-state index contributed by atoms with van der Waals surface area (Å²) in [6.45, 7) is 3.60. The Morgan fingerprint density at radius 2 is 2.00 bits per heavy atom. The molecule has 2 heterocycles. The molecule has 2 aromatic rings. The number of aromatic nitrogens is 6. The van der Waals surface area contributed by atoms with Gasteiger partial charge in [-0.05, 0) is 30.2 Å². The summed E-state index contributed by atoms with van der Waals surface area (Å²) in [5, 5.41) is 18.4. The molecule has 0 aliphatic heterocycles. The SMILES string of the molecule is Cc1nc(C2(NC(=O)Cn3nnnc3C)CCCCCC2)no1. The highest BCUT2D eigenvalue weighted by molar-refractivity contribution is 5.76. The molecule has 3 rings (SSSR count). The molecule has 124 valence electrons. The van der Waals surface area contributed by atoms with Crippen LogP contribution in [-0.4, -0.2) is 36.3 Å². The van der Waals surface area contributed by atoms with Crippen molar-refractivity contribution >= 4 is 5.91 Å². The van der Waals surface area contributed by atoms with Crippen molar-refractivity contribution in [2.45, 2.75) is 64.5 Å². The molecule has 9 nitrogen and oxygen atoms in total. The smallest absolute Gasteiger partial charge is 0.242 e. The van der Waals surface area contributed by atoms with Crippen LogP contribution >= 0.6 is 0 Å². The number of aryl methyl sites for hydroxylation is 2. The monoisotopic (exact) mass is 319 g/mol. The number of hydrogen-bond donors (Lipinski definition) is 1. The van der Waals surface area contributed by atoms with Crippen LogP contribution in [0.5, 0.6) is 0 Å². The summed E-state index contributed by atoms with van der Waals surface area (Å²) < 4.78 is 6.61. The highest BCUT2D eigenvalue weighted by atomic mass is 16.5. The lowest BCUT2D eigenvalue weighted by Gasteiger charge is -2.30. The molecule has 1 aliphatic rings. The molecule has 0 unspecified atom stereocenters. The van der Waals surface area contributed by atoms with Gasteiger partial charge in [0.15, 0.2) is 5.82 Å². The Bertz CT molecular complexity index is 670. The van der Waals surface area contributed by atoms with Crippen LogP contribution in [0.15, 0.2) is 4.52 Å². The molecule has 1 N–H and O–H groups in total. The summed E-state index contributed by atoms with van der Waals surface area (Å²) in [6.07, 6.45) is 5.98. The van der Waals surface area contributed by atoms with Crippen molar-refractivity contribution < 1.29 is 9.32 Å². The standard InChI is InChI=1S/C14H21N7O2/c1-10-17-19-20-21(10)9-12(22)16-14(7-5-3-4-6-8-14)13-15-11(2)23-18-13/h3-9H2,1-2H3,(H,16,22). The van der Waals surface area contributed by atoms with E-state index in [2.05, 4.69) is 31.0 Å². The van der Waals surface area contributed by atoms with E-state index in [1.807, 2.05) is 0 Å². The zero-order valence-corrected chi connectivity index (χ0v) is 13.4. The molecule has 0 spiro atoms. The summed E-state index contributed by atoms with van der Waals surface area (Å²) in [4.78, 5) is 16.9. The molecule has 9 heteroatoms. The van der Waals surface area contributed by atoms with Gasteiger partial charge >= 0.3 is 0 Å². The Balaban J connectivity index is 1.81. The van der Waals surface area contributed by atoms with Crippen LogP contribution in [0.1, 0.15) is 56.1 Å². The van der Waals surface area contributed by atoms with E-state index >= 15 is 0 Å². The number of nitrogens with one attached hydrogen (secondary N) is 1. The minimum absolute atomic E-state index is 0.0808. The second-order valence-electron chi connectivity index (χ2n) is 6.07. The molecule has 2 aromatic heterocycles. The Morgan fingerprint density at radius 3 is 2.57 bits per heavy atom. The average molecular weight is 319 g/mol. The first-order valence-electron chi connectivity index (χ1n) is 7.94. The fourth-order valence-corrected chi connectivity index (χ4v) is 3.07. The minimum atomic E-state index is -0.562. The van der Waals surface area contributed by atoms with Gasteiger partial charge in [0.25, 0.3) is 0 Å². The van der Waals surface area contributed by atoms with Crippen molar-refractivity contribution in [1.82, 2.24) is 35.7 Å². The predicted octanol–water partition coefficient (Wildman–Crippen LogP) is 1.04. The normalized spacial score (nSPS) is 17.7. The third-order valence-electron chi connectivity index (χ3n) is 4.30. The predicted molar refractivity (Wildman–Crippen MR) is 79.1 cm³/mol. The average Bonchev–Trinajstić information content (AvgIpc) is 3.04. The summed E-state index contributed by atoms with van der Waals surface area (Å²) >= 11 is 0. The van der Waals surface area contributed by atoms with Crippen molar-refractivity contribution in [3.05, 3.63) is 17.5 Å². The maximum atomic E-state index is 12.5. The molecule has 0 aromatic carbocycles. The quantitative estimate of drug-likeness (QED) is 0.838. The number of tetrazole rings is 1. The number of amides is 1. The van der Waals surface area contributed by atoms with Gasteiger partial charge in [0.05, 0.1) is 0 Å². The van der Waals surface area contributed by atoms with Gasteiger partial charge in [-0.3, -0.25) is 4.79 Å². The third-order valence-corrected chi connectivity index (χ3v) is 4.30. The number of rotatable bonds is 4. The van der Waals surface area contributed by atoms with Crippen molar-refractivity contribution in [2.24, 2.45) is 0 Å². The maximum Gasteiger partial charge on any atom is 0.242 e. The van der Waals surface area contributed by atoms with E-state index in [1.165, 1.54) is 4.68 Å². The van der Waals surface area contributed by atoms with E-state index in [0.717, 1.165) is 38.5 Å². The summed E-state index contributed by atoms with van der Waals surface area (Å²) in [5.41, 5.74) is -0.562. The van der Waals surface area contributed by atoms with Crippen LogP contribution in [0.25, 0.3) is 0 Å². The van der Waals surface area contributed by atoms with E-state index in [-0.39, 0.29) is 12.5 Å². The molecule has 1 saturated carbocycles. The molecule has 1 aliphatic carbocycles. The van der Waals surface area contributed by atoms with Gasteiger partial charge < -0.3 is 9.84 Å². The van der Waals surface area contributed by atoms with Gasteiger partial charge in [0.2, 0.25) is 11.8 Å². The van der Waals surface area contributed by atoms with Gasteiger partial charge in [-0.15, -0.1) is 5.10 Å². The topological polar surface area (TPSA) is 112 Å². The van der Waals surface area contributed by atoms with Crippen molar-refractivity contribution in [2.75, 3.05) is 0 Å². The number of carbonyl (C=O) groups is 1. The Kier molecular flexibility index (Phi) is 4.35. The highest BCUT2D eigenvalue weighted by Gasteiger charge is 2.38. The van der Waals surface area contributed by atoms with Crippen LogP contribution in [0, 0.1) is 13.8 Å². The molecule has 23 heavy (non-hydrogen) atoms. The fourth-order valence-electron chi connectivity index (χ4n) is 3.07. The maximum absolute atomic E-state index is 12.5. The highest BCUT2D eigenvalue weighted by Crippen LogP contribution is 2.34. The van der Waals surface area contributed by atoms with Crippen LogP contribution in [0.4, 0.5) is 0 Å². The van der Waals surface area contributed by atoms with Gasteiger partial charge in [-0.25, -0.2) is 4.68 Å². The van der Waals surface area contributed by atoms with Crippen molar-refractivity contribution in [3.8, 4) is 0 Å². The number of hydrogen-bond acceptors (Lipinski definition) is 7. The Hall–Kier alpha value is -2.32. The summed E-state index contributed by atoms with van der Waals surface area (Å²) in [6, 6.07) is 0. The lowest BCUT2D eigenvalue weighted by Crippen LogP contribution is -2.47. The molecule has 0 radical (unpaired) electrons. The second-order valence-corrected chi connectivity index (χ2v) is 6.07. The molecular formula is C14H21N7O2. The third kappa shape index (κ3) is 3.38. The van der Waals surface area contributed by atoms with Crippen LogP contribution in [0.2, 0.25) is 0 Å². The fraction of sp³-hybridized carbons (Fsp3) is 0.714. The van der Waals surface area contributed by atoms with E-state index < -0.39 is 5.54 Å². The van der Waals surface area contributed by atoms with Crippen molar-refractivity contribution in [3.63, 3.8) is 0 Å². The van der Waals surface area contributed by atoms with E-state index in [0.29, 0.717) is 17.5 Å². The molecule has 0 saturated heterocycles. The zero-order chi connectivity index (χ0) is 16.3. The van der Waals surface area contributed by atoms with Crippen LogP contribution < -0.4 is 5.32 Å². The van der Waals surface area contributed by atoms with Crippen LogP contribution in [0.3, 0.4) is 0 Å². The van der Waals surface area contributed by atoms with E-state index in [4.69, 9.17) is 4.52 Å². The first-order valence-corrected chi connectivity index (χ1v) is 7.94. The van der Waals surface area contributed by atoms with Gasteiger partial charge in [0.1, 0.15) is 17.9 Å². The first-order chi connectivity index (χ1) is 11.1. The second kappa shape index (κ2) is 6.43. The van der Waals surface area contributed by atoms with E-state index in [1.54, 1.807) is 13.8 Å². The van der Waals surface area contributed by atoms with Gasteiger partial charge in [0, 0.05) is 6.92 Å². The molecule has 1 amide bonds. The van der Waals surface area contributed by atoms with Gasteiger partial charge in [-0.1, -0.05) is 30.8 Å². The summed E-state index contributed by atoms with van der Waals surface area (Å²) in [5.74, 6) is 1.53. The number of nitrogens with zero attached hydrogens (tertiary/aromatic N) is 6. The number of carbonyl (C=O) groups excluding carboxylic acids is 1. The molecule has 0 atom stereocenters. The molecule has 0 bridgehead atoms. The largest absolute Gasteiger partial charge is 0.342 e. The summed E-state index contributed by atoms with van der Waals surface area (Å²) in [7, 11) is 0. The van der Waals surface area contributed by atoms with Crippen molar-refractivity contribution in [1.29, 1.82) is 0 Å². The minimum Gasteiger partial charge on any atom is -0.342 e. The zero-order valence-electron chi connectivity index (χ0n) is 13.4. The van der Waals surface area contributed by atoms with Gasteiger partial charge in [-0.2, -0.15) is 4.98 Å². The molecular weight excluding hydrogens is 298 g/mol. The van der Waals surface area contributed by atoms with E-state index in [9.17, 15) is 4.79 Å².